The highest BCUT2D eigenvalue weighted by molar-refractivity contribution is 7.12. The predicted molar refractivity (Wildman–Crippen MR) is 110 cm³/mol. The molecule has 0 saturated carbocycles. The summed E-state index contributed by atoms with van der Waals surface area (Å²) in [6.45, 7) is 2.85. The molecule has 0 radical (unpaired) electrons. The minimum atomic E-state index is 0.113. The topological polar surface area (TPSA) is 29.5 Å². The van der Waals surface area contributed by atoms with Gasteiger partial charge < -0.3 is 9.64 Å². The third-order valence-corrected chi connectivity index (χ3v) is 6.19. The molecule has 1 aromatic heterocycles. The SMILES string of the molecule is COc1cccc(-c2ccccc2[C@H]2CCCN2C(=O)c2cc(C)cs2)c1. The molecule has 1 fully saturated rings. The first-order valence-corrected chi connectivity index (χ1v) is 10.1. The fraction of sp³-hybridized carbons (Fsp3) is 0.261. The summed E-state index contributed by atoms with van der Waals surface area (Å²) < 4.78 is 5.40. The maximum atomic E-state index is 13.1. The zero-order valence-corrected chi connectivity index (χ0v) is 16.5. The molecule has 1 aliphatic heterocycles. The minimum absolute atomic E-state index is 0.113. The fourth-order valence-electron chi connectivity index (χ4n) is 3.86. The van der Waals surface area contributed by atoms with Gasteiger partial charge in [-0.1, -0.05) is 36.4 Å². The quantitative estimate of drug-likeness (QED) is 0.583. The molecule has 0 spiro atoms. The molecule has 0 unspecified atom stereocenters. The number of nitrogens with zero attached hydrogens (tertiary/aromatic N) is 1. The van der Waals surface area contributed by atoms with E-state index in [4.69, 9.17) is 4.74 Å². The van der Waals surface area contributed by atoms with E-state index >= 15 is 0 Å². The maximum Gasteiger partial charge on any atom is 0.264 e. The zero-order chi connectivity index (χ0) is 18.8. The number of carbonyl (C=O) groups excluding carboxylic acids is 1. The van der Waals surface area contributed by atoms with Gasteiger partial charge in [0, 0.05) is 6.54 Å². The molecule has 4 rings (SSSR count). The Bertz CT molecular complexity index is 962. The van der Waals surface area contributed by atoms with Crippen molar-refractivity contribution in [1.29, 1.82) is 0 Å². The Hall–Kier alpha value is -2.59. The highest BCUT2D eigenvalue weighted by Gasteiger charge is 2.32. The van der Waals surface area contributed by atoms with Crippen LogP contribution < -0.4 is 4.74 Å². The summed E-state index contributed by atoms with van der Waals surface area (Å²) in [4.78, 5) is 16.0. The van der Waals surface area contributed by atoms with Gasteiger partial charge in [0.2, 0.25) is 0 Å². The predicted octanol–water partition coefficient (Wildman–Crippen LogP) is 5.71. The van der Waals surface area contributed by atoms with Crippen molar-refractivity contribution in [2.75, 3.05) is 13.7 Å². The van der Waals surface area contributed by atoms with Crippen LogP contribution in [0.3, 0.4) is 0 Å². The first-order chi connectivity index (χ1) is 13.2. The minimum Gasteiger partial charge on any atom is -0.497 e. The molecule has 2 heterocycles. The third-order valence-electron chi connectivity index (χ3n) is 5.16. The van der Waals surface area contributed by atoms with Gasteiger partial charge in [0.25, 0.3) is 5.91 Å². The molecule has 3 aromatic rings. The molecule has 138 valence electrons. The van der Waals surface area contributed by atoms with Crippen molar-refractivity contribution in [3.8, 4) is 16.9 Å². The third kappa shape index (κ3) is 3.50. The average molecular weight is 378 g/mol. The van der Waals surface area contributed by atoms with Crippen LogP contribution in [0.15, 0.2) is 60.0 Å². The van der Waals surface area contributed by atoms with Crippen LogP contribution in [0.4, 0.5) is 0 Å². The van der Waals surface area contributed by atoms with Gasteiger partial charge in [-0.05, 0) is 65.6 Å². The largest absolute Gasteiger partial charge is 0.497 e. The van der Waals surface area contributed by atoms with Crippen molar-refractivity contribution in [1.82, 2.24) is 4.90 Å². The van der Waals surface area contributed by atoms with E-state index in [1.54, 1.807) is 7.11 Å². The number of rotatable bonds is 4. The summed E-state index contributed by atoms with van der Waals surface area (Å²) in [5, 5.41) is 2.04. The molecule has 1 amide bonds. The monoisotopic (exact) mass is 377 g/mol. The maximum absolute atomic E-state index is 13.1. The lowest BCUT2D eigenvalue weighted by Crippen LogP contribution is -2.30. The van der Waals surface area contributed by atoms with E-state index in [9.17, 15) is 4.79 Å². The van der Waals surface area contributed by atoms with E-state index in [2.05, 4.69) is 36.4 Å². The Labute approximate surface area is 164 Å². The number of benzene rings is 2. The van der Waals surface area contributed by atoms with Gasteiger partial charge in [-0.3, -0.25) is 4.79 Å². The Balaban J connectivity index is 1.71. The number of amides is 1. The van der Waals surface area contributed by atoms with Crippen LogP contribution >= 0.6 is 11.3 Å². The molecule has 1 atom stereocenters. The van der Waals surface area contributed by atoms with Gasteiger partial charge in [0.05, 0.1) is 18.0 Å². The second kappa shape index (κ2) is 7.57. The van der Waals surface area contributed by atoms with Crippen molar-refractivity contribution >= 4 is 17.2 Å². The van der Waals surface area contributed by atoms with Crippen LogP contribution in [0, 0.1) is 6.92 Å². The van der Waals surface area contributed by atoms with Crippen LogP contribution in [0.2, 0.25) is 0 Å². The van der Waals surface area contributed by atoms with Gasteiger partial charge in [0.15, 0.2) is 0 Å². The van der Waals surface area contributed by atoms with Gasteiger partial charge in [0.1, 0.15) is 5.75 Å². The number of carbonyl (C=O) groups is 1. The number of aryl methyl sites for hydroxylation is 1. The van der Waals surface area contributed by atoms with E-state index in [1.807, 2.05) is 35.4 Å². The van der Waals surface area contributed by atoms with Crippen LogP contribution in [-0.2, 0) is 0 Å². The van der Waals surface area contributed by atoms with Crippen LogP contribution in [-0.4, -0.2) is 24.5 Å². The Morgan fingerprint density at radius 2 is 2.00 bits per heavy atom. The van der Waals surface area contributed by atoms with Crippen molar-refractivity contribution in [3.63, 3.8) is 0 Å². The molecule has 3 nitrogen and oxygen atoms in total. The number of hydrogen-bond acceptors (Lipinski definition) is 3. The number of methoxy groups -OCH3 is 1. The lowest BCUT2D eigenvalue weighted by molar-refractivity contribution is 0.0741. The van der Waals surface area contributed by atoms with Crippen molar-refractivity contribution in [2.24, 2.45) is 0 Å². The second-order valence-corrected chi connectivity index (χ2v) is 7.88. The molecule has 2 aromatic carbocycles. The number of hydrogen-bond donors (Lipinski definition) is 0. The van der Waals surface area contributed by atoms with E-state index < -0.39 is 0 Å². The standard InChI is InChI=1S/C23H23NO2S/c1-16-13-22(27-15-16)23(25)24-12-6-11-21(24)20-10-4-3-9-19(20)17-7-5-8-18(14-17)26-2/h3-5,7-10,13-15,21H,6,11-12H2,1-2H3/t21-/m1/s1. The number of ether oxygens (including phenoxy) is 1. The number of likely N-dealkylation sites (tertiary alicyclic amines) is 1. The lowest BCUT2D eigenvalue weighted by atomic mass is 9.93. The molecule has 1 aliphatic rings. The summed E-state index contributed by atoms with van der Waals surface area (Å²) in [5.41, 5.74) is 4.65. The Morgan fingerprint density at radius 3 is 2.78 bits per heavy atom. The van der Waals surface area contributed by atoms with E-state index in [1.165, 1.54) is 22.5 Å². The van der Waals surface area contributed by atoms with Crippen molar-refractivity contribution in [3.05, 3.63) is 76.0 Å². The molecule has 0 bridgehead atoms. The molecule has 4 heteroatoms. The Kier molecular flexibility index (Phi) is 4.99. The van der Waals surface area contributed by atoms with Gasteiger partial charge in [-0.2, -0.15) is 0 Å². The van der Waals surface area contributed by atoms with Crippen LogP contribution in [0.5, 0.6) is 5.75 Å². The summed E-state index contributed by atoms with van der Waals surface area (Å²) in [7, 11) is 1.69. The number of thiophene rings is 1. The smallest absolute Gasteiger partial charge is 0.264 e. The fourth-order valence-corrected chi connectivity index (χ4v) is 4.71. The highest BCUT2D eigenvalue weighted by atomic mass is 32.1. The second-order valence-electron chi connectivity index (χ2n) is 6.96. The Morgan fingerprint density at radius 1 is 1.15 bits per heavy atom. The molecule has 27 heavy (non-hydrogen) atoms. The van der Waals surface area contributed by atoms with Gasteiger partial charge in [-0.25, -0.2) is 0 Å². The molecular weight excluding hydrogens is 354 g/mol. The normalized spacial score (nSPS) is 16.5. The van der Waals surface area contributed by atoms with Gasteiger partial charge in [-0.15, -0.1) is 11.3 Å². The lowest BCUT2D eigenvalue weighted by Gasteiger charge is -2.26. The van der Waals surface area contributed by atoms with E-state index in [0.717, 1.165) is 41.1 Å². The van der Waals surface area contributed by atoms with E-state index in [-0.39, 0.29) is 11.9 Å². The molecule has 0 aliphatic carbocycles. The zero-order valence-electron chi connectivity index (χ0n) is 15.6. The van der Waals surface area contributed by atoms with Crippen LogP contribution in [0.25, 0.3) is 11.1 Å². The van der Waals surface area contributed by atoms with Crippen molar-refractivity contribution < 1.29 is 9.53 Å². The molecule has 1 saturated heterocycles. The molecule has 0 N–H and O–H groups in total. The summed E-state index contributed by atoms with van der Waals surface area (Å²) in [5.74, 6) is 0.992. The first-order valence-electron chi connectivity index (χ1n) is 9.27. The first kappa shape index (κ1) is 17.8. The van der Waals surface area contributed by atoms with Crippen molar-refractivity contribution in [2.45, 2.75) is 25.8 Å². The van der Waals surface area contributed by atoms with E-state index in [0.29, 0.717) is 0 Å². The van der Waals surface area contributed by atoms with Crippen LogP contribution in [0.1, 0.15) is 39.7 Å². The highest BCUT2D eigenvalue weighted by Crippen LogP contribution is 2.39. The summed E-state index contributed by atoms with van der Waals surface area (Å²) in [6, 6.07) is 18.7. The summed E-state index contributed by atoms with van der Waals surface area (Å²) in [6.07, 6.45) is 2.03. The summed E-state index contributed by atoms with van der Waals surface area (Å²) >= 11 is 1.54. The van der Waals surface area contributed by atoms with Gasteiger partial charge >= 0.3 is 0 Å². The average Bonchev–Trinajstić information content (AvgIpc) is 3.36. The molecular formula is C23H23NO2S.